The first-order valence-electron chi connectivity index (χ1n) is 6.91. The molecule has 1 amide bonds. The highest BCUT2D eigenvalue weighted by molar-refractivity contribution is 5.82. The van der Waals surface area contributed by atoms with Gasteiger partial charge in [0.2, 0.25) is 5.91 Å². The zero-order chi connectivity index (χ0) is 14.9. The molecule has 0 radical (unpaired) electrons. The van der Waals surface area contributed by atoms with Gasteiger partial charge in [-0.2, -0.15) is 0 Å². The summed E-state index contributed by atoms with van der Waals surface area (Å²) in [5.74, 6) is 4.06. The minimum atomic E-state index is -0.651. The summed E-state index contributed by atoms with van der Waals surface area (Å²) in [4.78, 5) is 12.1. The largest absolute Gasteiger partial charge is 0.466 e. The lowest BCUT2D eigenvalue weighted by atomic mass is 9.74. The summed E-state index contributed by atoms with van der Waals surface area (Å²) in [7, 11) is 0. The summed E-state index contributed by atoms with van der Waals surface area (Å²) >= 11 is 0. The van der Waals surface area contributed by atoms with Crippen LogP contribution in [0, 0.1) is 24.7 Å². The molecule has 0 saturated heterocycles. The van der Waals surface area contributed by atoms with Crippen molar-refractivity contribution in [3.8, 4) is 12.3 Å². The Kier molecular flexibility index (Phi) is 3.92. The van der Waals surface area contributed by atoms with Crippen LogP contribution < -0.4 is 11.1 Å². The van der Waals surface area contributed by atoms with Gasteiger partial charge in [0.25, 0.3) is 0 Å². The van der Waals surface area contributed by atoms with Gasteiger partial charge in [-0.3, -0.25) is 4.79 Å². The molecule has 20 heavy (non-hydrogen) atoms. The third kappa shape index (κ3) is 3.05. The third-order valence-corrected chi connectivity index (χ3v) is 3.73. The van der Waals surface area contributed by atoms with E-state index in [1.807, 2.05) is 13.0 Å². The molecule has 108 valence electrons. The number of fused-ring (bicyclic) bond motifs is 1. The Bertz CT molecular complexity index is 551. The van der Waals surface area contributed by atoms with E-state index in [-0.39, 0.29) is 23.8 Å². The van der Waals surface area contributed by atoms with Crippen LogP contribution in [0.3, 0.4) is 0 Å². The van der Waals surface area contributed by atoms with Crippen LogP contribution in [0.25, 0.3) is 0 Å². The molecule has 2 unspecified atom stereocenters. The van der Waals surface area contributed by atoms with E-state index in [0.717, 1.165) is 29.9 Å². The summed E-state index contributed by atoms with van der Waals surface area (Å²) < 4.78 is 5.75. The normalized spacial score (nSPS) is 21.6. The molecular formula is C16H22N2O2. The van der Waals surface area contributed by atoms with Crippen molar-refractivity contribution in [3.63, 3.8) is 0 Å². The summed E-state index contributed by atoms with van der Waals surface area (Å²) in [6, 6.07) is 1.30. The van der Waals surface area contributed by atoms with Crippen molar-refractivity contribution in [1.82, 2.24) is 5.32 Å². The molecule has 2 atom stereocenters. The van der Waals surface area contributed by atoms with Gasteiger partial charge in [0.05, 0.1) is 12.1 Å². The Morgan fingerprint density at radius 1 is 1.70 bits per heavy atom. The summed E-state index contributed by atoms with van der Waals surface area (Å²) in [5, 5.41) is 3.01. The van der Waals surface area contributed by atoms with Crippen molar-refractivity contribution < 1.29 is 9.21 Å². The van der Waals surface area contributed by atoms with Crippen LogP contribution >= 0.6 is 0 Å². The number of hydrogen-bond acceptors (Lipinski definition) is 3. The average Bonchev–Trinajstić information content (AvgIpc) is 2.68. The molecular weight excluding hydrogens is 252 g/mol. The number of nitrogens with two attached hydrogens (primary N) is 1. The summed E-state index contributed by atoms with van der Waals surface area (Å²) in [6.45, 7) is 6.27. The summed E-state index contributed by atoms with van der Waals surface area (Å²) in [5.41, 5.74) is 6.92. The molecule has 0 aliphatic heterocycles. The quantitative estimate of drug-likeness (QED) is 0.829. The number of terminal acetylenes is 1. The Hall–Kier alpha value is -1.73. The van der Waals surface area contributed by atoms with E-state index < -0.39 is 6.04 Å². The topological polar surface area (TPSA) is 68.3 Å². The zero-order valence-electron chi connectivity index (χ0n) is 12.3. The molecule has 3 N–H and O–H groups in total. The SMILES string of the molecule is C#CCC(N)C(=O)NC1CC(C)(C)Cc2oc(C)cc21. The molecule has 4 heteroatoms. The lowest BCUT2D eigenvalue weighted by molar-refractivity contribution is -0.123. The van der Waals surface area contributed by atoms with Gasteiger partial charge in [-0.25, -0.2) is 0 Å². The molecule has 0 fully saturated rings. The maximum atomic E-state index is 12.1. The standard InChI is InChI=1S/C16H22N2O2/c1-5-6-12(17)15(19)18-13-8-16(3,4)9-14-11(13)7-10(2)20-14/h1,7,12-13H,6,8-9,17H2,2-4H3,(H,18,19). The number of amides is 1. The van der Waals surface area contributed by atoms with Crippen LogP contribution in [0.5, 0.6) is 0 Å². The smallest absolute Gasteiger partial charge is 0.238 e. The minimum absolute atomic E-state index is 0.0532. The van der Waals surface area contributed by atoms with Crippen molar-refractivity contribution in [2.75, 3.05) is 0 Å². The van der Waals surface area contributed by atoms with E-state index in [0.29, 0.717) is 0 Å². The third-order valence-electron chi connectivity index (χ3n) is 3.73. The van der Waals surface area contributed by atoms with Gasteiger partial charge >= 0.3 is 0 Å². The van der Waals surface area contributed by atoms with Crippen LogP contribution in [0.15, 0.2) is 10.5 Å². The molecule has 2 rings (SSSR count). The van der Waals surface area contributed by atoms with Crippen LogP contribution in [-0.4, -0.2) is 11.9 Å². The number of nitrogens with one attached hydrogen (secondary N) is 1. The maximum Gasteiger partial charge on any atom is 0.238 e. The van der Waals surface area contributed by atoms with E-state index in [1.165, 1.54) is 0 Å². The highest BCUT2D eigenvalue weighted by atomic mass is 16.3. The Labute approximate surface area is 120 Å². The van der Waals surface area contributed by atoms with Crippen LogP contribution in [-0.2, 0) is 11.2 Å². The van der Waals surface area contributed by atoms with Gasteiger partial charge in [0.1, 0.15) is 11.5 Å². The summed E-state index contributed by atoms with van der Waals surface area (Å²) in [6.07, 6.45) is 7.20. The van der Waals surface area contributed by atoms with Gasteiger partial charge in [0, 0.05) is 18.4 Å². The number of aryl methyl sites for hydroxylation is 1. The zero-order valence-corrected chi connectivity index (χ0v) is 12.3. The maximum absolute atomic E-state index is 12.1. The highest BCUT2D eigenvalue weighted by Gasteiger charge is 2.36. The fourth-order valence-electron chi connectivity index (χ4n) is 2.81. The Morgan fingerprint density at radius 3 is 3.05 bits per heavy atom. The molecule has 1 aromatic rings. The number of hydrogen-bond donors (Lipinski definition) is 2. The number of carbonyl (C=O) groups excluding carboxylic acids is 1. The monoisotopic (exact) mass is 274 g/mol. The molecule has 0 spiro atoms. The molecule has 0 bridgehead atoms. The van der Waals surface area contributed by atoms with Gasteiger partial charge in [0.15, 0.2) is 0 Å². The van der Waals surface area contributed by atoms with Gasteiger partial charge in [-0.1, -0.05) is 13.8 Å². The van der Waals surface area contributed by atoms with Crippen molar-refractivity contribution in [3.05, 3.63) is 23.2 Å². The van der Waals surface area contributed by atoms with Crippen molar-refractivity contribution in [1.29, 1.82) is 0 Å². The van der Waals surface area contributed by atoms with E-state index in [4.69, 9.17) is 16.6 Å². The number of rotatable bonds is 3. The molecule has 4 nitrogen and oxygen atoms in total. The first-order chi connectivity index (χ1) is 9.32. The average molecular weight is 274 g/mol. The second-order valence-corrected chi connectivity index (χ2v) is 6.36. The number of carbonyl (C=O) groups is 1. The van der Waals surface area contributed by atoms with Crippen molar-refractivity contribution in [2.45, 2.75) is 52.1 Å². The van der Waals surface area contributed by atoms with E-state index >= 15 is 0 Å². The Morgan fingerprint density at radius 2 is 2.40 bits per heavy atom. The first kappa shape index (κ1) is 14.7. The number of furan rings is 1. The van der Waals surface area contributed by atoms with Crippen molar-refractivity contribution in [2.24, 2.45) is 11.1 Å². The van der Waals surface area contributed by atoms with Crippen molar-refractivity contribution >= 4 is 5.91 Å². The van der Waals surface area contributed by atoms with Crippen LogP contribution in [0.2, 0.25) is 0 Å². The van der Waals surface area contributed by atoms with E-state index in [2.05, 4.69) is 25.1 Å². The second-order valence-electron chi connectivity index (χ2n) is 6.36. The fraction of sp³-hybridized carbons (Fsp3) is 0.562. The molecule has 0 saturated carbocycles. The molecule has 1 aliphatic carbocycles. The van der Waals surface area contributed by atoms with Gasteiger partial charge in [-0.05, 0) is 24.8 Å². The van der Waals surface area contributed by atoms with Crippen LogP contribution in [0.1, 0.15) is 49.8 Å². The predicted octanol–water partition coefficient (Wildman–Crippen LogP) is 2.07. The molecule has 0 aromatic carbocycles. The Balaban J connectivity index is 2.19. The van der Waals surface area contributed by atoms with Crippen LogP contribution in [0.4, 0.5) is 0 Å². The lowest BCUT2D eigenvalue weighted by Gasteiger charge is -2.35. The van der Waals surface area contributed by atoms with Gasteiger partial charge < -0.3 is 15.5 Å². The molecule has 1 aliphatic rings. The minimum Gasteiger partial charge on any atom is -0.466 e. The predicted molar refractivity (Wildman–Crippen MR) is 77.9 cm³/mol. The lowest BCUT2D eigenvalue weighted by Crippen LogP contribution is -2.44. The highest BCUT2D eigenvalue weighted by Crippen LogP contribution is 2.41. The van der Waals surface area contributed by atoms with Gasteiger partial charge in [-0.15, -0.1) is 12.3 Å². The molecule has 1 aromatic heterocycles. The first-order valence-corrected chi connectivity index (χ1v) is 6.91. The van der Waals surface area contributed by atoms with E-state index in [1.54, 1.807) is 0 Å². The van der Waals surface area contributed by atoms with E-state index in [9.17, 15) is 4.79 Å². The second kappa shape index (κ2) is 5.34. The fourth-order valence-corrected chi connectivity index (χ4v) is 2.81. The molecule has 1 heterocycles.